The van der Waals surface area contributed by atoms with E-state index in [2.05, 4.69) is 4.74 Å². The van der Waals surface area contributed by atoms with Crippen molar-refractivity contribution in [3.63, 3.8) is 0 Å². The number of rotatable bonds is 5. The Balaban J connectivity index is 2.96. The number of benzene rings is 1. The monoisotopic (exact) mass is 263 g/mol. The Labute approximate surface area is 110 Å². The van der Waals surface area contributed by atoms with Crippen LogP contribution in [0.25, 0.3) is 0 Å². The molecular formula is C12H13N3O4. The number of anilines is 1. The van der Waals surface area contributed by atoms with Crippen molar-refractivity contribution in [2.75, 3.05) is 25.6 Å². The van der Waals surface area contributed by atoms with Gasteiger partial charge >= 0.3 is 5.97 Å². The molecule has 7 heteroatoms. The minimum Gasteiger partial charge on any atom is -0.469 e. The summed E-state index contributed by atoms with van der Waals surface area (Å²) >= 11 is 0. The molecule has 0 spiro atoms. The third kappa shape index (κ3) is 3.67. The van der Waals surface area contributed by atoms with Gasteiger partial charge in [0, 0.05) is 19.7 Å². The Hall–Kier alpha value is -2.62. The number of nitrogens with zero attached hydrogens (tertiary/aromatic N) is 3. The number of ether oxygens (including phenoxy) is 1. The summed E-state index contributed by atoms with van der Waals surface area (Å²) in [5.41, 5.74) is 0.413. The fourth-order valence-corrected chi connectivity index (χ4v) is 1.54. The molecule has 1 aromatic rings. The van der Waals surface area contributed by atoms with Crippen molar-refractivity contribution in [2.45, 2.75) is 6.42 Å². The Morgan fingerprint density at radius 2 is 2.26 bits per heavy atom. The molecule has 1 rings (SSSR count). The molecule has 7 nitrogen and oxygen atoms in total. The van der Waals surface area contributed by atoms with E-state index in [0.29, 0.717) is 12.2 Å². The molecule has 0 aliphatic rings. The third-order valence-electron chi connectivity index (χ3n) is 2.59. The van der Waals surface area contributed by atoms with Crippen molar-refractivity contribution >= 4 is 17.3 Å². The average Bonchev–Trinajstić information content (AvgIpc) is 2.43. The maximum Gasteiger partial charge on any atom is 0.307 e. The standard InChI is InChI=1S/C12H13N3O4/c1-14(6-5-12(16)19-2)10-4-3-9(8-13)7-11(10)15(17)18/h3-4,7H,5-6H2,1-2H3. The minimum atomic E-state index is -0.551. The second kappa shape index (κ2) is 6.35. The average molecular weight is 263 g/mol. The van der Waals surface area contributed by atoms with Crippen LogP contribution in [0.15, 0.2) is 18.2 Å². The van der Waals surface area contributed by atoms with Gasteiger partial charge in [-0.3, -0.25) is 14.9 Å². The zero-order valence-corrected chi connectivity index (χ0v) is 10.6. The van der Waals surface area contributed by atoms with Crippen LogP contribution in [0.1, 0.15) is 12.0 Å². The third-order valence-corrected chi connectivity index (χ3v) is 2.59. The number of hydrogen-bond acceptors (Lipinski definition) is 6. The molecule has 0 saturated carbocycles. The summed E-state index contributed by atoms with van der Waals surface area (Å²) < 4.78 is 4.51. The summed E-state index contributed by atoms with van der Waals surface area (Å²) in [5, 5.41) is 19.7. The van der Waals surface area contributed by atoms with E-state index in [4.69, 9.17) is 5.26 Å². The fourth-order valence-electron chi connectivity index (χ4n) is 1.54. The van der Waals surface area contributed by atoms with Crippen molar-refractivity contribution in [1.29, 1.82) is 5.26 Å². The Morgan fingerprint density at radius 1 is 1.58 bits per heavy atom. The van der Waals surface area contributed by atoms with Gasteiger partial charge in [-0.2, -0.15) is 5.26 Å². The van der Waals surface area contributed by atoms with Gasteiger partial charge in [0.25, 0.3) is 5.69 Å². The Bertz CT molecular complexity index is 536. The lowest BCUT2D eigenvalue weighted by molar-refractivity contribution is -0.384. The highest BCUT2D eigenvalue weighted by Crippen LogP contribution is 2.28. The number of esters is 1. The summed E-state index contributed by atoms with van der Waals surface area (Å²) in [7, 11) is 2.92. The molecule has 19 heavy (non-hydrogen) atoms. The molecule has 0 fully saturated rings. The summed E-state index contributed by atoms with van der Waals surface area (Å²) in [6.07, 6.45) is 0.129. The first-order valence-corrected chi connectivity index (χ1v) is 5.46. The Morgan fingerprint density at radius 3 is 2.79 bits per heavy atom. The van der Waals surface area contributed by atoms with Crippen molar-refractivity contribution in [2.24, 2.45) is 0 Å². The summed E-state index contributed by atoms with van der Waals surface area (Å²) in [4.78, 5) is 23.0. The van der Waals surface area contributed by atoms with Crippen LogP contribution in [0.5, 0.6) is 0 Å². The number of nitro benzene ring substituents is 1. The lowest BCUT2D eigenvalue weighted by Crippen LogP contribution is -2.22. The molecule has 0 amide bonds. The quantitative estimate of drug-likeness (QED) is 0.453. The van der Waals surface area contributed by atoms with E-state index in [0.717, 1.165) is 0 Å². The molecule has 0 bridgehead atoms. The van der Waals surface area contributed by atoms with E-state index in [1.807, 2.05) is 6.07 Å². The molecule has 0 N–H and O–H groups in total. The van der Waals surface area contributed by atoms with Gasteiger partial charge < -0.3 is 9.64 Å². The molecular weight excluding hydrogens is 250 g/mol. The van der Waals surface area contributed by atoms with Crippen molar-refractivity contribution in [1.82, 2.24) is 0 Å². The second-order valence-corrected chi connectivity index (χ2v) is 3.82. The van der Waals surface area contributed by atoms with Gasteiger partial charge in [-0.25, -0.2) is 0 Å². The van der Waals surface area contributed by atoms with Gasteiger partial charge in [-0.05, 0) is 12.1 Å². The number of carbonyl (C=O) groups excluding carboxylic acids is 1. The van der Waals surface area contributed by atoms with Crippen LogP contribution < -0.4 is 4.90 Å². The highest BCUT2D eigenvalue weighted by molar-refractivity contribution is 5.71. The number of carbonyl (C=O) groups is 1. The van der Waals surface area contributed by atoms with E-state index in [1.54, 1.807) is 11.9 Å². The van der Waals surface area contributed by atoms with Crippen LogP contribution in [-0.4, -0.2) is 31.6 Å². The SMILES string of the molecule is COC(=O)CCN(C)c1ccc(C#N)cc1[N+](=O)[O-]. The van der Waals surface area contributed by atoms with Gasteiger partial charge in [-0.15, -0.1) is 0 Å². The lowest BCUT2D eigenvalue weighted by Gasteiger charge is -2.18. The maximum absolute atomic E-state index is 11.0. The van der Waals surface area contributed by atoms with E-state index in [9.17, 15) is 14.9 Å². The maximum atomic E-state index is 11.0. The summed E-state index contributed by atoms with van der Waals surface area (Å²) in [6.45, 7) is 0.291. The first-order chi connectivity index (χ1) is 8.99. The van der Waals surface area contributed by atoms with Crippen LogP contribution in [0, 0.1) is 21.4 Å². The number of nitriles is 1. The zero-order valence-electron chi connectivity index (χ0n) is 10.6. The molecule has 0 radical (unpaired) electrons. The molecule has 0 saturated heterocycles. The smallest absolute Gasteiger partial charge is 0.307 e. The van der Waals surface area contributed by atoms with Crippen LogP contribution in [-0.2, 0) is 9.53 Å². The topological polar surface area (TPSA) is 96.5 Å². The molecule has 0 aliphatic carbocycles. The van der Waals surface area contributed by atoms with E-state index in [1.165, 1.54) is 25.3 Å². The van der Waals surface area contributed by atoms with E-state index in [-0.39, 0.29) is 23.6 Å². The summed E-state index contributed by atoms with van der Waals surface area (Å²) in [5.74, 6) is -0.386. The van der Waals surface area contributed by atoms with Crippen molar-refractivity contribution in [3.8, 4) is 6.07 Å². The van der Waals surface area contributed by atoms with Crippen LogP contribution in [0.2, 0.25) is 0 Å². The molecule has 0 heterocycles. The molecule has 0 aliphatic heterocycles. The van der Waals surface area contributed by atoms with Gasteiger partial charge in [0.05, 0.1) is 30.1 Å². The van der Waals surface area contributed by atoms with Crippen LogP contribution >= 0.6 is 0 Å². The molecule has 0 unspecified atom stereocenters. The van der Waals surface area contributed by atoms with E-state index >= 15 is 0 Å². The minimum absolute atomic E-state index is 0.129. The van der Waals surface area contributed by atoms with Gasteiger partial charge in [-0.1, -0.05) is 0 Å². The lowest BCUT2D eigenvalue weighted by atomic mass is 10.1. The number of methoxy groups -OCH3 is 1. The first kappa shape index (κ1) is 14.4. The number of nitro groups is 1. The predicted molar refractivity (Wildman–Crippen MR) is 67.7 cm³/mol. The highest BCUT2D eigenvalue weighted by atomic mass is 16.6. The van der Waals surface area contributed by atoms with E-state index < -0.39 is 4.92 Å². The first-order valence-electron chi connectivity index (χ1n) is 5.46. The Kier molecular flexibility index (Phi) is 4.83. The van der Waals surface area contributed by atoms with Crippen molar-refractivity contribution in [3.05, 3.63) is 33.9 Å². The van der Waals surface area contributed by atoms with Gasteiger partial charge in [0.2, 0.25) is 0 Å². The fraction of sp³-hybridized carbons (Fsp3) is 0.333. The zero-order chi connectivity index (χ0) is 14.4. The molecule has 0 atom stereocenters. The number of hydrogen-bond donors (Lipinski definition) is 0. The molecule has 0 aromatic heterocycles. The van der Waals surface area contributed by atoms with Crippen LogP contribution in [0.4, 0.5) is 11.4 Å². The van der Waals surface area contributed by atoms with Gasteiger partial charge in [0.15, 0.2) is 0 Å². The molecule has 100 valence electrons. The van der Waals surface area contributed by atoms with Crippen LogP contribution in [0.3, 0.4) is 0 Å². The largest absolute Gasteiger partial charge is 0.469 e. The normalized spacial score (nSPS) is 9.53. The van der Waals surface area contributed by atoms with Gasteiger partial charge in [0.1, 0.15) is 5.69 Å². The molecule has 1 aromatic carbocycles. The van der Waals surface area contributed by atoms with Crippen molar-refractivity contribution < 1.29 is 14.5 Å². The highest BCUT2D eigenvalue weighted by Gasteiger charge is 2.18. The summed E-state index contributed by atoms with van der Waals surface area (Å²) in [6, 6.07) is 6.05. The second-order valence-electron chi connectivity index (χ2n) is 3.82. The predicted octanol–water partition coefficient (Wildman–Crippen LogP) is 1.47.